The van der Waals surface area contributed by atoms with E-state index in [1.807, 2.05) is 6.20 Å². The van der Waals surface area contributed by atoms with Crippen LogP contribution in [0.4, 0.5) is 0 Å². The van der Waals surface area contributed by atoms with Crippen molar-refractivity contribution in [1.82, 2.24) is 15.2 Å². The highest BCUT2D eigenvalue weighted by atomic mass is 32.1. The van der Waals surface area contributed by atoms with Gasteiger partial charge in [0, 0.05) is 43.8 Å². The number of thiazole rings is 1. The van der Waals surface area contributed by atoms with E-state index in [1.54, 1.807) is 18.4 Å². The Kier molecular flexibility index (Phi) is 3.94. The van der Waals surface area contributed by atoms with Crippen molar-refractivity contribution in [3.8, 4) is 5.19 Å². The summed E-state index contributed by atoms with van der Waals surface area (Å²) in [5, 5.41) is 4.12. The van der Waals surface area contributed by atoms with Crippen molar-refractivity contribution >= 4 is 11.3 Å². The van der Waals surface area contributed by atoms with Gasteiger partial charge in [-0.2, -0.15) is 0 Å². The third-order valence-corrected chi connectivity index (χ3v) is 3.61. The molecule has 0 aliphatic carbocycles. The Labute approximate surface area is 94.3 Å². The summed E-state index contributed by atoms with van der Waals surface area (Å²) in [5.41, 5.74) is 0. The van der Waals surface area contributed by atoms with E-state index < -0.39 is 0 Å². The molecule has 84 valence electrons. The molecule has 1 N–H and O–H groups in total. The summed E-state index contributed by atoms with van der Waals surface area (Å²) < 4.78 is 5.07. The summed E-state index contributed by atoms with van der Waals surface area (Å²) in [7, 11) is 1.67. The SMILES string of the molecule is COc1ncc(CCN2CCNCC2)s1. The Bertz CT molecular complexity index is 297. The van der Waals surface area contributed by atoms with Crippen molar-refractivity contribution < 1.29 is 4.74 Å². The molecule has 1 aliphatic rings. The summed E-state index contributed by atoms with van der Waals surface area (Å²) in [5.74, 6) is 0. The number of methoxy groups -OCH3 is 1. The Morgan fingerprint density at radius 2 is 2.33 bits per heavy atom. The molecule has 1 fully saturated rings. The Hall–Kier alpha value is -0.650. The normalized spacial score (nSPS) is 17.9. The Morgan fingerprint density at radius 3 is 3.00 bits per heavy atom. The molecular formula is C10H17N3OS. The van der Waals surface area contributed by atoms with Crippen molar-refractivity contribution in [3.63, 3.8) is 0 Å². The van der Waals surface area contributed by atoms with Gasteiger partial charge in [-0.3, -0.25) is 0 Å². The zero-order chi connectivity index (χ0) is 10.5. The van der Waals surface area contributed by atoms with Gasteiger partial charge in [0.2, 0.25) is 0 Å². The molecule has 1 aromatic heterocycles. The van der Waals surface area contributed by atoms with Gasteiger partial charge in [-0.1, -0.05) is 11.3 Å². The van der Waals surface area contributed by atoms with E-state index in [4.69, 9.17) is 4.74 Å². The van der Waals surface area contributed by atoms with Gasteiger partial charge in [-0.05, 0) is 6.42 Å². The van der Waals surface area contributed by atoms with Gasteiger partial charge in [0.25, 0.3) is 5.19 Å². The van der Waals surface area contributed by atoms with Crippen LogP contribution in [0, 0.1) is 0 Å². The molecule has 1 aliphatic heterocycles. The minimum absolute atomic E-state index is 0.769. The largest absolute Gasteiger partial charge is 0.473 e. The first kappa shape index (κ1) is 10.9. The van der Waals surface area contributed by atoms with Crippen LogP contribution in [0.1, 0.15) is 4.88 Å². The van der Waals surface area contributed by atoms with Crippen molar-refractivity contribution in [2.24, 2.45) is 0 Å². The molecule has 0 spiro atoms. The van der Waals surface area contributed by atoms with E-state index >= 15 is 0 Å². The summed E-state index contributed by atoms with van der Waals surface area (Å²) in [4.78, 5) is 7.96. The molecule has 0 unspecified atom stereocenters. The van der Waals surface area contributed by atoms with E-state index in [9.17, 15) is 0 Å². The maximum atomic E-state index is 5.07. The van der Waals surface area contributed by atoms with Gasteiger partial charge in [-0.15, -0.1) is 0 Å². The zero-order valence-corrected chi connectivity index (χ0v) is 9.85. The molecule has 4 nitrogen and oxygen atoms in total. The fraction of sp³-hybridized carbons (Fsp3) is 0.700. The number of nitrogens with one attached hydrogen (secondary N) is 1. The van der Waals surface area contributed by atoms with Gasteiger partial charge >= 0.3 is 0 Å². The number of rotatable bonds is 4. The average Bonchev–Trinajstić information content (AvgIpc) is 2.76. The fourth-order valence-electron chi connectivity index (χ4n) is 1.70. The number of nitrogens with zero attached hydrogens (tertiary/aromatic N) is 2. The van der Waals surface area contributed by atoms with Crippen LogP contribution in [0.5, 0.6) is 5.19 Å². The molecule has 2 heterocycles. The van der Waals surface area contributed by atoms with Crippen molar-refractivity contribution in [1.29, 1.82) is 0 Å². The van der Waals surface area contributed by atoms with E-state index in [0.717, 1.165) is 44.3 Å². The van der Waals surface area contributed by atoms with Gasteiger partial charge in [0.1, 0.15) is 0 Å². The summed E-state index contributed by atoms with van der Waals surface area (Å²) in [6.07, 6.45) is 3.01. The molecule has 0 saturated carbocycles. The van der Waals surface area contributed by atoms with Crippen LogP contribution in [0.3, 0.4) is 0 Å². The second-order valence-corrected chi connectivity index (χ2v) is 4.72. The first-order valence-electron chi connectivity index (χ1n) is 5.30. The smallest absolute Gasteiger partial charge is 0.273 e. The number of ether oxygens (including phenoxy) is 1. The quantitative estimate of drug-likeness (QED) is 0.817. The second kappa shape index (κ2) is 5.44. The lowest BCUT2D eigenvalue weighted by Crippen LogP contribution is -2.44. The van der Waals surface area contributed by atoms with Crippen molar-refractivity contribution in [2.75, 3.05) is 39.8 Å². The Morgan fingerprint density at radius 1 is 1.53 bits per heavy atom. The van der Waals surface area contributed by atoms with E-state index in [1.165, 1.54) is 4.88 Å². The molecular weight excluding hydrogens is 210 g/mol. The lowest BCUT2D eigenvalue weighted by Gasteiger charge is -2.26. The minimum atomic E-state index is 0.769. The highest BCUT2D eigenvalue weighted by molar-refractivity contribution is 7.13. The number of aromatic nitrogens is 1. The molecule has 15 heavy (non-hydrogen) atoms. The third kappa shape index (κ3) is 3.15. The molecule has 2 rings (SSSR count). The molecule has 0 aromatic carbocycles. The average molecular weight is 227 g/mol. The van der Waals surface area contributed by atoms with Crippen LogP contribution >= 0.6 is 11.3 Å². The van der Waals surface area contributed by atoms with Crippen LogP contribution in [0.2, 0.25) is 0 Å². The van der Waals surface area contributed by atoms with Crippen molar-refractivity contribution in [2.45, 2.75) is 6.42 Å². The van der Waals surface area contributed by atoms with Gasteiger partial charge in [0.15, 0.2) is 0 Å². The molecule has 0 atom stereocenters. The van der Waals surface area contributed by atoms with Gasteiger partial charge < -0.3 is 15.0 Å². The summed E-state index contributed by atoms with van der Waals surface area (Å²) >= 11 is 1.65. The van der Waals surface area contributed by atoms with Crippen LogP contribution in [0.15, 0.2) is 6.20 Å². The van der Waals surface area contributed by atoms with E-state index in [-0.39, 0.29) is 0 Å². The summed E-state index contributed by atoms with van der Waals surface area (Å²) in [6, 6.07) is 0. The van der Waals surface area contributed by atoms with Gasteiger partial charge in [0.05, 0.1) is 7.11 Å². The maximum Gasteiger partial charge on any atom is 0.273 e. The maximum absolute atomic E-state index is 5.07. The second-order valence-electron chi connectivity index (χ2n) is 3.64. The lowest BCUT2D eigenvalue weighted by molar-refractivity contribution is 0.244. The summed E-state index contributed by atoms with van der Waals surface area (Å²) in [6.45, 7) is 5.69. The standard InChI is InChI=1S/C10H17N3OS/c1-14-10-12-8-9(15-10)2-5-13-6-3-11-4-7-13/h8,11H,2-7H2,1H3. The minimum Gasteiger partial charge on any atom is -0.473 e. The van der Waals surface area contributed by atoms with Crippen LogP contribution in [-0.2, 0) is 6.42 Å². The lowest BCUT2D eigenvalue weighted by atomic mass is 10.3. The van der Waals surface area contributed by atoms with Crippen LogP contribution in [-0.4, -0.2) is 49.7 Å². The molecule has 1 aromatic rings. The Balaban J connectivity index is 1.76. The van der Waals surface area contributed by atoms with Crippen LogP contribution in [0.25, 0.3) is 0 Å². The molecule has 5 heteroatoms. The topological polar surface area (TPSA) is 37.4 Å². The monoisotopic (exact) mass is 227 g/mol. The number of hydrogen-bond donors (Lipinski definition) is 1. The number of piperazine rings is 1. The number of hydrogen-bond acceptors (Lipinski definition) is 5. The first-order chi connectivity index (χ1) is 7.38. The first-order valence-corrected chi connectivity index (χ1v) is 6.12. The van der Waals surface area contributed by atoms with Gasteiger partial charge in [-0.25, -0.2) is 4.98 Å². The molecule has 1 saturated heterocycles. The third-order valence-electron chi connectivity index (χ3n) is 2.59. The molecule has 0 radical (unpaired) electrons. The highest BCUT2D eigenvalue weighted by Crippen LogP contribution is 2.20. The van der Waals surface area contributed by atoms with Crippen LogP contribution < -0.4 is 10.1 Å². The predicted molar refractivity (Wildman–Crippen MR) is 61.7 cm³/mol. The molecule has 0 amide bonds. The van der Waals surface area contributed by atoms with E-state index in [2.05, 4.69) is 15.2 Å². The highest BCUT2D eigenvalue weighted by Gasteiger charge is 2.10. The fourth-order valence-corrected chi connectivity index (χ4v) is 2.41. The predicted octanol–water partition coefficient (Wildman–Crippen LogP) is 0.599. The van der Waals surface area contributed by atoms with E-state index in [0.29, 0.717) is 0 Å². The molecule has 0 bridgehead atoms. The van der Waals surface area contributed by atoms with Crippen molar-refractivity contribution in [3.05, 3.63) is 11.1 Å². The zero-order valence-electron chi connectivity index (χ0n) is 9.03.